The zero-order chi connectivity index (χ0) is 15.0. The minimum absolute atomic E-state index is 0.0561. The van der Waals surface area contributed by atoms with E-state index < -0.39 is 5.97 Å². The van der Waals surface area contributed by atoms with Crippen molar-refractivity contribution >= 4 is 29.2 Å². The number of carboxylic acids is 1. The molecule has 0 atom stereocenters. The van der Waals surface area contributed by atoms with Crippen LogP contribution in [0.4, 0.5) is 5.69 Å². The molecule has 0 aliphatic rings. The number of aliphatic hydroxyl groups excluding tert-OH is 1. The fraction of sp³-hybridized carbons (Fsp3) is 0.385. The Morgan fingerprint density at radius 3 is 2.65 bits per heavy atom. The lowest BCUT2D eigenvalue weighted by molar-refractivity contribution is -0.115. The Hall–Kier alpha value is -1.63. The molecule has 0 bridgehead atoms. The molecule has 0 unspecified atom stereocenters. The summed E-state index contributed by atoms with van der Waals surface area (Å²) >= 11 is 5.89. The molecule has 4 N–H and O–H groups in total. The van der Waals surface area contributed by atoms with Crippen molar-refractivity contribution in [3.63, 3.8) is 0 Å². The Kier molecular flexibility index (Phi) is 7.00. The zero-order valence-electron chi connectivity index (χ0n) is 10.9. The summed E-state index contributed by atoms with van der Waals surface area (Å²) in [5.74, 6) is -1.39. The van der Waals surface area contributed by atoms with Gasteiger partial charge >= 0.3 is 5.97 Å². The predicted octanol–water partition coefficient (Wildman–Crippen LogP) is 1.34. The van der Waals surface area contributed by atoms with E-state index in [2.05, 4.69) is 10.6 Å². The van der Waals surface area contributed by atoms with Gasteiger partial charge in [-0.2, -0.15) is 0 Å². The molecule has 1 aromatic carbocycles. The molecule has 1 aromatic rings. The van der Waals surface area contributed by atoms with Crippen LogP contribution in [0.3, 0.4) is 0 Å². The molecule has 0 radical (unpaired) electrons. The summed E-state index contributed by atoms with van der Waals surface area (Å²) in [5.41, 5.74) is 0.328. The van der Waals surface area contributed by atoms with Crippen molar-refractivity contribution < 1.29 is 19.8 Å². The van der Waals surface area contributed by atoms with E-state index >= 15 is 0 Å². The van der Waals surface area contributed by atoms with Gasteiger partial charge in [0.25, 0.3) is 0 Å². The third-order valence-electron chi connectivity index (χ3n) is 2.53. The van der Waals surface area contributed by atoms with Gasteiger partial charge in [0.1, 0.15) is 0 Å². The van der Waals surface area contributed by atoms with Gasteiger partial charge < -0.3 is 20.8 Å². The number of amides is 1. The Bertz CT molecular complexity index is 479. The quantitative estimate of drug-likeness (QED) is 0.543. The largest absolute Gasteiger partial charge is 0.478 e. The monoisotopic (exact) mass is 300 g/mol. The lowest BCUT2D eigenvalue weighted by Gasteiger charge is -2.09. The maximum absolute atomic E-state index is 11.6. The van der Waals surface area contributed by atoms with E-state index in [1.165, 1.54) is 18.2 Å². The number of anilines is 1. The Labute approximate surface area is 121 Å². The maximum Gasteiger partial charge on any atom is 0.335 e. The van der Waals surface area contributed by atoms with Gasteiger partial charge in [-0.25, -0.2) is 4.79 Å². The van der Waals surface area contributed by atoms with Gasteiger partial charge in [-0.15, -0.1) is 0 Å². The van der Waals surface area contributed by atoms with Crippen LogP contribution >= 0.6 is 11.6 Å². The van der Waals surface area contributed by atoms with E-state index in [0.717, 1.165) is 6.42 Å². The molecule has 0 aliphatic heterocycles. The molecule has 6 nitrogen and oxygen atoms in total. The number of aliphatic hydroxyl groups is 1. The number of carbonyl (C=O) groups is 2. The van der Waals surface area contributed by atoms with Crippen molar-refractivity contribution in [2.75, 3.05) is 25.0 Å². The Morgan fingerprint density at radius 2 is 2.00 bits per heavy atom. The first-order valence-electron chi connectivity index (χ1n) is 6.19. The SMILES string of the molecule is O=C(CNCCCCO)Nc1cc(C(=O)O)ccc1Cl. The molecule has 7 heteroatoms. The van der Waals surface area contributed by atoms with Crippen molar-refractivity contribution in [3.05, 3.63) is 28.8 Å². The van der Waals surface area contributed by atoms with Crippen molar-refractivity contribution in [1.82, 2.24) is 5.32 Å². The number of carboxylic acid groups (broad SMARTS) is 1. The molecular formula is C13H17ClN2O4. The molecule has 0 aromatic heterocycles. The second kappa shape index (κ2) is 8.52. The normalized spacial score (nSPS) is 10.3. The van der Waals surface area contributed by atoms with Crippen molar-refractivity contribution in [3.8, 4) is 0 Å². The number of unbranched alkanes of at least 4 members (excludes halogenated alkanes) is 1. The molecule has 0 fully saturated rings. The minimum atomic E-state index is -1.08. The molecule has 0 saturated heterocycles. The van der Waals surface area contributed by atoms with Crippen LogP contribution in [0.1, 0.15) is 23.2 Å². The summed E-state index contributed by atoms with van der Waals surface area (Å²) in [7, 11) is 0. The molecular weight excluding hydrogens is 284 g/mol. The number of benzene rings is 1. The standard InChI is InChI=1S/C13H17ClN2O4/c14-10-4-3-9(13(19)20)7-11(10)16-12(18)8-15-5-1-2-6-17/h3-4,7,15,17H,1-2,5-6,8H2,(H,16,18)(H,19,20). The first kappa shape index (κ1) is 16.4. The van der Waals surface area contributed by atoms with Gasteiger partial charge in [0, 0.05) is 6.61 Å². The Morgan fingerprint density at radius 1 is 1.25 bits per heavy atom. The van der Waals surface area contributed by atoms with Gasteiger partial charge in [-0.1, -0.05) is 11.6 Å². The van der Waals surface area contributed by atoms with Gasteiger partial charge in [-0.05, 0) is 37.6 Å². The average Bonchev–Trinajstić information content (AvgIpc) is 2.40. The van der Waals surface area contributed by atoms with Crippen LogP contribution in [0.15, 0.2) is 18.2 Å². The van der Waals surface area contributed by atoms with Crippen LogP contribution < -0.4 is 10.6 Å². The second-order valence-corrected chi connectivity index (χ2v) is 4.56. The van der Waals surface area contributed by atoms with Crippen LogP contribution in [0.25, 0.3) is 0 Å². The molecule has 20 heavy (non-hydrogen) atoms. The van der Waals surface area contributed by atoms with E-state index in [9.17, 15) is 9.59 Å². The maximum atomic E-state index is 11.6. The molecule has 0 spiro atoms. The highest BCUT2D eigenvalue weighted by molar-refractivity contribution is 6.33. The van der Waals surface area contributed by atoms with Crippen LogP contribution in [0.5, 0.6) is 0 Å². The number of hydrogen-bond acceptors (Lipinski definition) is 4. The summed E-state index contributed by atoms with van der Waals surface area (Å²) in [6.45, 7) is 0.849. The third kappa shape index (κ3) is 5.56. The zero-order valence-corrected chi connectivity index (χ0v) is 11.6. The first-order valence-corrected chi connectivity index (χ1v) is 6.56. The lowest BCUT2D eigenvalue weighted by Crippen LogP contribution is -2.29. The van der Waals surface area contributed by atoms with Crippen LogP contribution in [0, 0.1) is 0 Å². The van der Waals surface area contributed by atoms with Gasteiger partial charge in [0.15, 0.2) is 0 Å². The van der Waals surface area contributed by atoms with E-state index in [4.69, 9.17) is 21.8 Å². The number of halogens is 1. The molecule has 1 rings (SSSR count). The van der Waals surface area contributed by atoms with Crippen LogP contribution in [0.2, 0.25) is 5.02 Å². The summed E-state index contributed by atoms with van der Waals surface area (Å²) in [4.78, 5) is 22.5. The number of carbonyl (C=O) groups excluding carboxylic acids is 1. The molecule has 0 aliphatic carbocycles. The van der Waals surface area contributed by atoms with Gasteiger partial charge in [0.05, 0.1) is 22.8 Å². The minimum Gasteiger partial charge on any atom is -0.478 e. The topological polar surface area (TPSA) is 98.7 Å². The van der Waals surface area contributed by atoms with E-state index in [1.54, 1.807) is 0 Å². The summed E-state index contributed by atoms with van der Waals surface area (Å²) in [6.07, 6.45) is 1.46. The highest BCUT2D eigenvalue weighted by Gasteiger charge is 2.09. The third-order valence-corrected chi connectivity index (χ3v) is 2.86. The smallest absolute Gasteiger partial charge is 0.335 e. The summed E-state index contributed by atoms with van der Waals surface area (Å²) < 4.78 is 0. The van der Waals surface area contributed by atoms with E-state index in [0.29, 0.717) is 13.0 Å². The molecule has 0 saturated carbocycles. The number of aromatic carboxylic acids is 1. The summed E-state index contributed by atoms with van der Waals surface area (Å²) in [6, 6.07) is 4.11. The lowest BCUT2D eigenvalue weighted by atomic mass is 10.2. The fourth-order valence-corrected chi connectivity index (χ4v) is 1.68. The van der Waals surface area contributed by atoms with E-state index in [1.807, 2.05) is 0 Å². The van der Waals surface area contributed by atoms with Gasteiger partial charge in [-0.3, -0.25) is 4.79 Å². The van der Waals surface area contributed by atoms with Crippen molar-refractivity contribution in [2.45, 2.75) is 12.8 Å². The number of hydrogen-bond donors (Lipinski definition) is 4. The van der Waals surface area contributed by atoms with Crippen molar-refractivity contribution in [2.24, 2.45) is 0 Å². The first-order chi connectivity index (χ1) is 9.54. The highest BCUT2D eigenvalue weighted by atomic mass is 35.5. The number of nitrogens with one attached hydrogen (secondary N) is 2. The van der Waals surface area contributed by atoms with Crippen LogP contribution in [-0.2, 0) is 4.79 Å². The van der Waals surface area contributed by atoms with E-state index in [-0.39, 0.29) is 35.3 Å². The predicted molar refractivity (Wildman–Crippen MR) is 76.2 cm³/mol. The number of rotatable bonds is 8. The molecule has 1 amide bonds. The second-order valence-electron chi connectivity index (χ2n) is 4.16. The highest BCUT2D eigenvalue weighted by Crippen LogP contribution is 2.22. The van der Waals surface area contributed by atoms with Gasteiger partial charge in [0.2, 0.25) is 5.91 Å². The molecule has 110 valence electrons. The Balaban J connectivity index is 2.49. The summed E-state index contributed by atoms with van der Waals surface area (Å²) in [5, 5.41) is 23.2. The molecule has 0 heterocycles. The average molecular weight is 301 g/mol. The fourth-order valence-electron chi connectivity index (χ4n) is 1.51. The van der Waals surface area contributed by atoms with Crippen LogP contribution in [-0.4, -0.2) is 41.8 Å². The van der Waals surface area contributed by atoms with Crippen molar-refractivity contribution in [1.29, 1.82) is 0 Å².